The van der Waals surface area contributed by atoms with E-state index in [4.69, 9.17) is 32.7 Å². The van der Waals surface area contributed by atoms with Gasteiger partial charge < -0.3 is 14.8 Å². The monoisotopic (exact) mass is 771 g/mol. The van der Waals surface area contributed by atoms with Gasteiger partial charge in [-0.15, -0.1) is 0 Å². The minimum absolute atomic E-state index is 0.257. The first-order valence-corrected chi connectivity index (χ1v) is 15.5. The van der Waals surface area contributed by atoms with E-state index in [9.17, 15) is 19.2 Å². The highest BCUT2D eigenvalue weighted by molar-refractivity contribution is 9.11. The average Bonchev–Trinajstić information content (AvgIpc) is 3.00. The lowest BCUT2D eigenvalue weighted by Crippen LogP contribution is -2.54. The van der Waals surface area contributed by atoms with Crippen LogP contribution >= 0.6 is 55.1 Å². The smallest absolute Gasteiger partial charge is 0.335 e. The molecule has 228 valence electrons. The summed E-state index contributed by atoms with van der Waals surface area (Å²) in [6, 6.07) is 23.0. The van der Waals surface area contributed by atoms with Gasteiger partial charge in [0.15, 0.2) is 6.61 Å². The number of barbiturate groups is 1. The number of amides is 5. The molecule has 9 nitrogen and oxygen atoms in total. The maximum absolute atomic E-state index is 13.4. The zero-order chi connectivity index (χ0) is 32.1. The molecule has 0 radical (unpaired) electrons. The Morgan fingerprint density at radius 1 is 0.867 bits per heavy atom. The topological polar surface area (TPSA) is 114 Å². The van der Waals surface area contributed by atoms with Crippen LogP contribution in [0, 0.1) is 0 Å². The van der Waals surface area contributed by atoms with E-state index >= 15 is 0 Å². The van der Waals surface area contributed by atoms with Crippen molar-refractivity contribution in [2.75, 3.05) is 16.8 Å². The van der Waals surface area contributed by atoms with Gasteiger partial charge in [0.05, 0.1) is 24.7 Å². The first-order chi connectivity index (χ1) is 21.6. The molecule has 5 rings (SSSR count). The molecule has 5 amide bonds. The Morgan fingerprint density at radius 3 is 2.22 bits per heavy atom. The lowest BCUT2D eigenvalue weighted by molar-refractivity contribution is -0.122. The normalized spacial score (nSPS) is 13.9. The summed E-state index contributed by atoms with van der Waals surface area (Å²) in [7, 11) is 0. The number of nitrogens with zero attached hydrogens (tertiary/aromatic N) is 1. The Bertz CT molecular complexity index is 1810. The molecule has 4 aromatic carbocycles. The summed E-state index contributed by atoms with van der Waals surface area (Å²) in [6.45, 7) is 0.0253. The summed E-state index contributed by atoms with van der Waals surface area (Å²) < 4.78 is 12.3. The Balaban J connectivity index is 1.27. The average molecular weight is 774 g/mol. The van der Waals surface area contributed by atoms with Crippen molar-refractivity contribution < 1.29 is 28.7 Å². The molecule has 1 fully saturated rings. The fraction of sp³-hybridized carbons (Fsp3) is 0.0625. The third-order valence-corrected chi connectivity index (χ3v) is 8.24. The lowest BCUT2D eigenvalue weighted by atomic mass is 10.1. The van der Waals surface area contributed by atoms with Crippen LogP contribution in [0.2, 0.25) is 10.0 Å². The van der Waals surface area contributed by atoms with Crippen LogP contribution in [-0.4, -0.2) is 30.4 Å². The van der Waals surface area contributed by atoms with Crippen LogP contribution in [0.5, 0.6) is 11.5 Å². The zero-order valence-corrected chi connectivity index (χ0v) is 27.7. The molecule has 0 atom stereocenters. The molecule has 45 heavy (non-hydrogen) atoms. The van der Waals surface area contributed by atoms with E-state index in [1.54, 1.807) is 48.5 Å². The fourth-order valence-electron chi connectivity index (χ4n) is 4.20. The van der Waals surface area contributed by atoms with E-state index in [-0.39, 0.29) is 17.9 Å². The quantitative estimate of drug-likeness (QED) is 0.133. The second-order valence-corrected chi connectivity index (χ2v) is 12.0. The summed E-state index contributed by atoms with van der Waals surface area (Å²) in [5.74, 6) is -1.22. The number of anilines is 2. The molecule has 1 aliphatic heterocycles. The van der Waals surface area contributed by atoms with Gasteiger partial charge in [-0.3, -0.25) is 19.7 Å². The van der Waals surface area contributed by atoms with Crippen molar-refractivity contribution in [1.29, 1.82) is 0 Å². The van der Waals surface area contributed by atoms with Crippen LogP contribution in [0.3, 0.4) is 0 Å². The number of halogens is 4. The molecule has 0 aromatic heterocycles. The van der Waals surface area contributed by atoms with Crippen LogP contribution in [0.1, 0.15) is 11.1 Å². The van der Waals surface area contributed by atoms with Crippen molar-refractivity contribution in [3.8, 4) is 11.5 Å². The Kier molecular flexibility index (Phi) is 10.2. The molecule has 0 aliphatic carbocycles. The molecule has 1 aliphatic rings. The van der Waals surface area contributed by atoms with E-state index in [0.29, 0.717) is 48.3 Å². The van der Waals surface area contributed by atoms with E-state index in [0.717, 1.165) is 10.5 Å². The van der Waals surface area contributed by atoms with Crippen LogP contribution in [0.25, 0.3) is 6.08 Å². The summed E-state index contributed by atoms with van der Waals surface area (Å²) in [5.41, 5.74) is 1.89. The van der Waals surface area contributed by atoms with Gasteiger partial charge in [-0.25, -0.2) is 9.69 Å². The molecule has 4 aromatic rings. The Labute approximate surface area is 284 Å². The molecule has 13 heteroatoms. The van der Waals surface area contributed by atoms with Gasteiger partial charge in [-0.05, 0) is 104 Å². The Hall–Kier alpha value is -4.16. The van der Waals surface area contributed by atoms with Crippen molar-refractivity contribution >= 4 is 96.3 Å². The molecular formula is C32H21Br2Cl2N3O6. The largest absolute Gasteiger partial charge is 0.489 e. The molecule has 0 unspecified atom stereocenters. The number of benzene rings is 4. The minimum atomic E-state index is -0.870. The van der Waals surface area contributed by atoms with Gasteiger partial charge in [-0.2, -0.15) is 0 Å². The van der Waals surface area contributed by atoms with E-state index in [1.807, 2.05) is 30.3 Å². The summed E-state index contributed by atoms with van der Waals surface area (Å²) in [6.07, 6.45) is 1.35. The molecular weight excluding hydrogens is 753 g/mol. The van der Waals surface area contributed by atoms with E-state index in [2.05, 4.69) is 42.5 Å². The highest BCUT2D eigenvalue weighted by atomic mass is 79.9. The number of hydrogen-bond donors (Lipinski definition) is 2. The first kappa shape index (κ1) is 32.2. The molecule has 0 bridgehead atoms. The van der Waals surface area contributed by atoms with Crippen molar-refractivity contribution in [3.63, 3.8) is 0 Å². The van der Waals surface area contributed by atoms with E-state index < -0.39 is 23.8 Å². The third kappa shape index (κ3) is 7.93. The van der Waals surface area contributed by atoms with Crippen LogP contribution in [0.15, 0.2) is 99.4 Å². The van der Waals surface area contributed by atoms with Gasteiger partial charge in [-0.1, -0.05) is 53.5 Å². The van der Waals surface area contributed by atoms with Gasteiger partial charge in [0, 0.05) is 5.69 Å². The highest BCUT2D eigenvalue weighted by Gasteiger charge is 2.37. The molecule has 2 N–H and O–H groups in total. The van der Waals surface area contributed by atoms with Crippen molar-refractivity contribution in [2.45, 2.75) is 6.61 Å². The number of nitrogens with one attached hydrogen (secondary N) is 2. The van der Waals surface area contributed by atoms with E-state index in [1.165, 1.54) is 12.1 Å². The van der Waals surface area contributed by atoms with Gasteiger partial charge >= 0.3 is 6.03 Å². The second kappa shape index (κ2) is 14.3. The zero-order valence-electron chi connectivity index (χ0n) is 23.0. The maximum atomic E-state index is 13.4. The number of urea groups is 1. The standard InChI is InChI=1S/C32H21Br2Cl2N3O6/c33-24-13-19(14-25(34)29(24)45-17-28(40)37-20-6-11-26(35)27(36)15-20)12-23-30(41)38-32(43)39(31(23)42)21-7-9-22(10-8-21)44-16-18-4-2-1-3-5-18/h1-15H,16-17H2,(H,37,40)(H,38,41,43)/b23-12-. The molecule has 1 heterocycles. The van der Waals surface area contributed by atoms with Crippen LogP contribution in [-0.2, 0) is 21.0 Å². The third-order valence-electron chi connectivity index (χ3n) is 6.33. The van der Waals surface area contributed by atoms with Crippen molar-refractivity contribution in [2.24, 2.45) is 0 Å². The number of carbonyl (C=O) groups excluding carboxylic acids is 4. The highest BCUT2D eigenvalue weighted by Crippen LogP contribution is 2.36. The van der Waals surface area contributed by atoms with Gasteiger partial charge in [0.2, 0.25) is 0 Å². The predicted molar refractivity (Wildman–Crippen MR) is 179 cm³/mol. The number of hydrogen-bond acceptors (Lipinski definition) is 6. The summed E-state index contributed by atoms with van der Waals surface area (Å²) in [4.78, 5) is 52.1. The van der Waals surface area contributed by atoms with Crippen molar-refractivity contribution in [3.05, 3.63) is 121 Å². The SMILES string of the molecule is O=C(COc1c(Br)cc(/C=C2/C(=O)NC(=O)N(c3ccc(OCc4ccccc4)cc3)C2=O)cc1Br)Nc1ccc(Cl)c(Cl)c1. The van der Waals surface area contributed by atoms with Crippen molar-refractivity contribution in [1.82, 2.24) is 5.32 Å². The maximum Gasteiger partial charge on any atom is 0.335 e. The summed E-state index contributed by atoms with van der Waals surface area (Å²) in [5, 5.41) is 5.53. The molecule has 0 spiro atoms. The number of carbonyl (C=O) groups is 4. The number of ether oxygens (including phenoxy) is 2. The number of imide groups is 2. The Morgan fingerprint density at radius 2 is 1.56 bits per heavy atom. The lowest BCUT2D eigenvalue weighted by Gasteiger charge is -2.26. The second-order valence-electron chi connectivity index (χ2n) is 9.51. The molecule has 1 saturated heterocycles. The minimum Gasteiger partial charge on any atom is -0.489 e. The first-order valence-electron chi connectivity index (χ1n) is 13.1. The van der Waals surface area contributed by atoms with Crippen LogP contribution in [0.4, 0.5) is 16.2 Å². The van der Waals surface area contributed by atoms with Crippen LogP contribution < -0.4 is 25.0 Å². The number of rotatable bonds is 9. The fourth-order valence-corrected chi connectivity index (χ4v) is 5.95. The molecule has 0 saturated carbocycles. The van der Waals surface area contributed by atoms with Gasteiger partial charge in [0.1, 0.15) is 23.7 Å². The van der Waals surface area contributed by atoms with Gasteiger partial charge in [0.25, 0.3) is 17.7 Å². The predicted octanol–water partition coefficient (Wildman–Crippen LogP) is 7.78. The summed E-state index contributed by atoms with van der Waals surface area (Å²) >= 11 is 18.7.